The number of thiophene rings is 1. The summed E-state index contributed by atoms with van der Waals surface area (Å²) in [5.41, 5.74) is 0.986. The van der Waals surface area contributed by atoms with Gasteiger partial charge in [-0.05, 0) is 13.0 Å². The molecule has 1 N–H and O–H groups in total. The summed E-state index contributed by atoms with van der Waals surface area (Å²) in [5.74, 6) is -0.564. The highest BCUT2D eigenvalue weighted by atomic mass is 32.1. The van der Waals surface area contributed by atoms with E-state index >= 15 is 0 Å². The third-order valence-corrected chi connectivity index (χ3v) is 3.33. The zero-order valence-corrected chi connectivity index (χ0v) is 9.80. The molecule has 0 aliphatic rings. The van der Waals surface area contributed by atoms with Crippen molar-refractivity contribution in [2.24, 2.45) is 0 Å². The Kier molecular flexibility index (Phi) is 3.06. The monoisotopic (exact) mass is 251 g/mol. The molecule has 6 heteroatoms. The Labute approximate surface area is 100 Å². The molecule has 0 unspecified atom stereocenters. The lowest BCUT2D eigenvalue weighted by molar-refractivity contribution is 0.0518. The minimum Gasteiger partial charge on any atom is -0.461 e. The molecule has 0 amide bonds. The molecule has 0 radical (unpaired) electrons. The molecule has 0 saturated heterocycles. The molecule has 2 heterocycles. The van der Waals surface area contributed by atoms with Gasteiger partial charge in [-0.1, -0.05) is 0 Å². The number of ether oxygens (including phenoxy) is 1. The van der Waals surface area contributed by atoms with Gasteiger partial charge in [0.25, 0.3) is 0 Å². The number of aromatic nitrogens is 1. The minimum absolute atomic E-state index is 0.139. The van der Waals surface area contributed by atoms with E-state index < -0.39 is 5.97 Å². The SMILES string of the molecule is CCOC(=O)c1[nH]c2cc(C=O)sc2c1C=O. The molecule has 88 valence electrons. The van der Waals surface area contributed by atoms with E-state index in [0.29, 0.717) is 27.7 Å². The van der Waals surface area contributed by atoms with Gasteiger partial charge in [-0.25, -0.2) is 4.79 Å². The summed E-state index contributed by atoms with van der Waals surface area (Å²) < 4.78 is 5.43. The number of esters is 1. The minimum atomic E-state index is -0.564. The van der Waals surface area contributed by atoms with E-state index in [9.17, 15) is 14.4 Å². The highest BCUT2D eigenvalue weighted by Crippen LogP contribution is 2.29. The summed E-state index contributed by atoms with van der Waals surface area (Å²) in [4.78, 5) is 36.5. The fourth-order valence-corrected chi connectivity index (χ4v) is 2.49. The maximum Gasteiger partial charge on any atom is 0.355 e. The van der Waals surface area contributed by atoms with Crippen molar-refractivity contribution < 1.29 is 19.1 Å². The van der Waals surface area contributed by atoms with Gasteiger partial charge in [0.05, 0.1) is 27.3 Å². The first-order valence-corrected chi connectivity index (χ1v) is 5.75. The van der Waals surface area contributed by atoms with Crippen LogP contribution in [0.4, 0.5) is 0 Å². The van der Waals surface area contributed by atoms with Crippen LogP contribution in [0.25, 0.3) is 10.2 Å². The molecule has 0 saturated carbocycles. The summed E-state index contributed by atoms with van der Waals surface area (Å²) in [6.45, 7) is 1.93. The second-order valence-corrected chi connectivity index (χ2v) is 4.35. The quantitative estimate of drug-likeness (QED) is 0.666. The van der Waals surface area contributed by atoms with Crippen molar-refractivity contribution in [2.75, 3.05) is 6.61 Å². The van der Waals surface area contributed by atoms with E-state index in [1.165, 1.54) is 11.3 Å². The van der Waals surface area contributed by atoms with Crippen molar-refractivity contribution in [3.05, 3.63) is 22.2 Å². The third-order valence-electron chi connectivity index (χ3n) is 2.24. The topological polar surface area (TPSA) is 76.2 Å². The molecule has 2 aromatic rings. The molecular formula is C11H9NO4S. The fourth-order valence-electron chi connectivity index (χ4n) is 1.55. The summed E-state index contributed by atoms with van der Waals surface area (Å²) in [6, 6.07) is 1.60. The highest BCUT2D eigenvalue weighted by molar-refractivity contribution is 7.20. The lowest BCUT2D eigenvalue weighted by Gasteiger charge is -1.99. The number of nitrogens with one attached hydrogen (secondary N) is 1. The molecule has 17 heavy (non-hydrogen) atoms. The zero-order valence-electron chi connectivity index (χ0n) is 8.98. The van der Waals surface area contributed by atoms with Crippen LogP contribution in [-0.2, 0) is 4.74 Å². The number of carbonyl (C=O) groups excluding carboxylic acids is 3. The molecule has 0 aliphatic carbocycles. The van der Waals surface area contributed by atoms with Gasteiger partial charge >= 0.3 is 5.97 Å². The van der Waals surface area contributed by atoms with Crippen molar-refractivity contribution in [3.8, 4) is 0 Å². The Bertz CT molecular complexity index is 596. The second kappa shape index (κ2) is 4.50. The van der Waals surface area contributed by atoms with E-state index in [-0.39, 0.29) is 17.9 Å². The summed E-state index contributed by atoms with van der Waals surface area (Å²) in [7, 11) is 0. The Morgan fingerprint density at radius 1 is 1.47 bits per heavy atom. The fraction of sp³-hybridized carbons (Fsp3) is 0.182. The van der Waals surface area contributed by atoms with Crippen LogP contribution in [0.5, 0.6) is 0 Å². The predicted octanol–water partition coefficient (Wildman–Crippen LogP) is 2.03. The van der Waals surface area contributed by atoms with E-state index in [0.717, 1.165) is 0 Å². The van der Waals surface area contributed by atoms with Crippen molar-refractivity contribution in [1.29, 1.82) is 0 Å². The molecule has 0 fully saturated rings. The number of aromatic amines is 1. The van der Waals surface area contributed by atoms with Crippen LogP contribution in [0, 0.1) is 0 Å². The molecule has 5 nitrogen and oxygen atoms in total. The van der Waals surface area contributed by atoms with Crippen molar-refractivity contribution in [2.45, 2.75) is 6.92 Å². The summed E-state index contributed by atoms with van der Waals surface area (Å²) in [6.07, 6.45) is 1.30. The number of hydrogen-bond donors (Lipinski definition) is 1. The van der Waals surface area contributed by atoms with Gasteiger partial charge in [-0.3, -0.25) is 9.59 Å². The van der Waals surface area contributed by atoms with E-state index in [4.69, 9.17) is 4.74 Å². The van der Waals surface area contributed by atoms with Gasteiger partial charge in [0.1, 0.15) is 5.69 Å². The Morgan fingerprint density at radius 2 is 2.24 bits per heavy atom. The molecular weight excluding hydrogens is 242 g/mol. The average Bonchev–Trinajstić information content (AvgIpc) is 2.85. The first kappa shape index (κ1) is 11.5. The second-order valence-electron chi connectivity index (χ2n) is 3.26. The Morgan fingerprint density at radius 3 is 2.82 bits per heavy atom. The lowest BCUT2D eigenvalue weighted by atomic mass is 10.2. The number of rotatable bonds is 4. The Balaban J connectivity index is 2.57. The molecule has 0 bridgehead atoms. The van der Waals surface area contributed by atoms with Crippen LogP contribution in [0.2, 0.25) is 0 Å². The predicted molar refractivity (Wildman–Crippen MR) is 62.9 cm³/mol. The number of fused-ring (bicyclic) bond motifs is 1. The normalized spacial score (nSPS) is 10.4. The number of hydrogen-bond acceptors (Lipinski definition) is 5. The van der Waals surface area contributed by atoms with Crippen molar-refractivity contribution in [1.82, 2.24) is 4.98 Å². The number of aldehydes is 2. The van der Waals surface area contributed by atoms with Gasteiger partial charge in [-0.2, -0.15) is 0 Å². The van der Waals surface area contributed by atoms with Crippen LogP contribution in [0.15, 0.2) is 6.07 Å². The molecule has 0 aromatic carbocycles. The standard InChI is InChI=1S/C11H9NO4S/c1-2-16-11(15)9-7(5-14)10-8(12-9)3-6(4-13)17-10/h3-5,12H,2H2,1H3. The maximum atomic E-state index is 11.6. The van der Waals surface area contributed by atoms with Crippen molar-refractivity contribution in [3.63, 3.8) is 0 Å². The van der Waals surface area contributed by atoms with Crippen LogP contribution in [0.3, 0.4) is 0 Å². The van der Waals surface area contributed by atoms with Crippen LogP contribution >= 0.6 is 11.3 Å². The molecule has 0 aliphatic heterocycles. The van der Waals surface area contributed by atoms with E-state index in [1.54, 1.807) is 13.0 Å². The highest BCUT2D eigenvalue weighted by Gasteiger charge is 2.20. The number of H-pyrrole nitrogens is 1. The third kappa shape index (κ3) is 1.87. The largest absolute Gasteiger partial charge is 0.461 e. The van der Waals surface area contributed by atoms with Crippen LogP contribution in [-0.4, -0.2) is 30.1 Å². The van der Waals surface area contributed by atoms with Gasteiger partial charge in [0, 0.05) is 0 Å². The molecule has 2 rings (SSSR count). The Hall–Kier alpha value is -1.95. The smallest absolute Gasteiger partial charge is 0.355 e. The number of carbonyl (C=O) groups is 3. The molecule has 0 spiro atoms. The van der Waals surface area contributed by atoms with Gasteiger partial charge < -0.3 is 9.72 Å². The van der Waals surface area contributed by atoms with Gasteiger partial charge in [0.15, 0.2) is 12.6 Å². The first-order valence-electron chi connectivity index (χ1n) is 4.94. The van der Waals surface area contributed by atoms with Crippen LogP contribution in [0.1, 0.15) is 37.4 Å². The summed E-state index contributed by atoms with van der Waals surface area (Å²) >= 11 is 1.17. The zero-order chi connectivity index (χ0) is 12.4. The van der Waals surface area contributed by atoms with Crippen LogP contribution < -0.4 is 0 Å². The molecule has 0 atom stereocenters. The average molecular weight is 251 g/mol. The van der Waals surface area contributed by atoms with Crippen molar-refractivity contribution >= 4 is 40.1 Å². The molecule has 2 aromatic heterocycles. The van der Waals surface area contributed by atoms with E-state index in [1.807, 2.05) is 0 Å². The first-order chi connectivity index (χ1) is 8.21. The van der Waals surface area contributed by atoms with E-state index in [2.05, 4.69) is 4.98 Å². The maximum absolute atomic E-state index is 11.6. The lowest BCUT2D eigenvalue weighted by Crippen LogP contribution is -2.07. The van der Waals surface area contributed by atoms with Gasteiger partial charge in [-0.15, -0.1) is 11.3 Å². The van der Waals surface area contributed by atoms with Gasteiger partial charge in [0.2, 0.25) is 0 Å². The summed E-state index contributed by atoms with van der Waals surface area (Å²) in [5, 5.41) is 0.